The molecule has 1 aliphatic rings. The first kappa shape index (κ1) is 38.0. The summed E-state index contributed by atoms with van der Waals surface area (Å²) in [5.41, 5.74) is -2.20. The fourth-order valence-corrected chi connectivity index (χ4v) is 6.95. The minimum atomic E-state index is -4.92. The van der Waals surface area contributed by atoms with Crippen LogP contribution in [0, 0.1) is 11.6 Å². The van der Waals surface area contributed by atoms with E-state index in [0.29, 0.717) is 18.7 Å². The third-order valence-corrected chi connectivity index (χ3v) is 9.71. The zero-order valence-electron chi connectivity index (χ0n) is 28.4. The molecule has 1 aromatic heterocycles. The summed E-state index contributed by atoms with van der Waals surface area (Å²) in [7, 11) is 0. The van der Waals surface area contributed by atoms with E-state index < -0.39 is 52.4 Å². The fraction of sp³-hybridized carbons (Fsp3) is 0.410. The van der Waals surface area contributed by atoms with Gasteiger partial charge in [0.25, 0.3) is 17.4 Å². The molecule has 0 bridgehead atoms. The number of carbonyl (C=O) groups is 2. The molecule has 1 unspecified atom stereocenters. The van der Waals surface area contributed by atoms with E-state index in [1.54, 1.807) is 12.3 Å². The summed E-state index contributed by atoms with van der Waals surface area (Å²) in [6.07, 6.45) is 10.6. The Balaban J connectivity index is 1.41. The van der Waals surface area contributed by atoms with Crippen molar-refractivity contribution in [2.24, 2.45) is 0 Å². The number of halogens is 6. The summed E-state index contributed by atoms with van der Waals surface area (Å²) < 4.78 is 70.5. The van der Waals surface area contributed by atoms with E-state index in [0.717, 1.165) is 37.8 Å². The van der Waals surface area contributed by atoms with Crippen molar-refractivity contribution in [1.29, 1.82) is 0 Å². The van der Waals surface area contributed by atoms with E-state index in [-0.39, 0.29) is 44.2 Å². The molecule has 3 aromatic carbocycles. The number of anilines is 1. The first-order valence-corrected chi connectivity index (χ1v) is 17.9. The number of pyridine rings is 1. The average Bonchev–Trinajstić information content (AvgIpc) is 3.44. The van der Waals surface area contributed by atoms with Gasteiger partial charge in [0.15, 0.2) is 0 Å². The van der Waals surface area contributed by atoms with Crippen LogP contribution in [0.2, 0.25) is 5.02 Å². The molecule has 1 aliphatic heterocycles. The van der Waals surface area contributed by atoms with Gasteiger partial charge in [-0.05, 0) is 55.0 Å². The Morgan fingerprint density at radius 1 is 0.824 bits per heavy atom. The second-order valence-electron chi connectivity index (χ2n) is 13.1. The van der Waals surface area contributed by atoms with Crippen LogP contribution in [0.4, 0.5) is 27.6 Å². The summed E-state index contributed by atoms with van der Waals surface area (Å²) in [4.78, 5) is 40.7. The normalized spacial score (nSPS) is 14.2. The Kier molecular flexibility index (Phi) is 12.5. The molecule has 0 spiro atoms. The molecule has 1 atom stereocenters. The molecule has 0 radical (unpaired) electrons. The Hall–Kier alpha value is -4.25. The molecule has 0 fully saturated rings. The fourth-order valence-electron chi connectivity index (χ4n) is 6.72. The number of aromatic nitrogens is 1. The number of amides is 2. The Labute approximate surface area is 298 Å². The lowest BCUT2D eigenvalue weighted by atomic mass is 9.92. The minimum Gasteiger partial charge on any atom is -0.341 e. The molecule has 5 rings (SSSR count). The number of hydrogen-bond acceptors (Lipinski definition) is 3. The zero-order valence-corrected chi connectivity index (χ0v) is 29.2. The van der Waals surface area contributed by atoms with Gasteiger partial charge in [0.2, 0.25) is 0 Å². The topological polar surface area (TPSA) is 80.2 Å². The second-order valence-corrected chi connectivity index (χ2v) is 13.5. The molecule has 4 aromatic rings. The number of unbranched alkanes of at least 4 members (excludes halogenated alkanes) is 11. The van der Waals surface area contributed by atoms with Gasteiger partial charge in [-0.25, -0.2) is 8.78 Å². The average molecular weight is 730 g/mol. The number of aryl methyl sites for hydroxylation is 1. The van der Waals surface area contributed by atoms with Crippen LogP contribution < -0.4 is 16.2 Å². The maximum absolute atomic E-state index is 14.4. The van der Waals surface area contributed by atoms with Crippen molar-refractivity contribution >= 4 is 39.9 Å². The van der Waals surface area contributed by atoms with Crippen LogP contribution in [-0.4, -0.2) is 16.4 Å². The van der Waals surface area contributed by atoms with Gasteiger partial charge in [0, 0.05) is 45.5 Å². The van der Waals surface area contributed by atoms with E-state index in [1.165, 1.54) is 68.1 Å². The van der Waals surface area contributed by atoms with E-state index in [9.17, 15) is 36.3 Å². The second kappa shape index (κ2) is 16.8. The van der Waals surface area contributed by atoms with Crippen LogP contribution in [0.15, 0.2) is 59.5 Å². The monoisotopic (exact) mass is 729 g/mol. The maximum atomic E-state index is 14.4. The smallest absolute Gasteiger partial charge is 0.341 e. The van der Waals surface area contributed by atoms with Crippen molar-refractivity contribution in [2.45, 2.75) is 103 Å². The molecule has 6 nitrogen and oxygen atoms in total. The van der Waals surface area contributed by atoms with Gasteiger partial charge < -0.3 is 15.2 Å². The molecule has 2 N–H and O–H groups in total. The number of hydrogen-bond donors (Lipinski definition) is 2. The van der Waals surface area contributed by atoms with Crippen molar-refractivity contribution in [2.75, 3.05) is 5.32 Å². The van der Waals surface area contributed by atoms with Gasteiger partial charge in [-0.15, -0.1) is 0 Å². The summed E-state index contributed by atoms with van der Waals surface area (Å²) in [5, 5.41) is 5.70. The lowest BCUT2D eigenvalue weighted by Gasteiger charge is -2.19. The van der Waals surface area contributed by atoms with E-state index in [4.69, 9.17) is 11.6 Å². The summed E-state index contributed by atoms with van der Waals surface area (Å²) in [6, 6.07) is 6.86. The molecular formula is C39H41ClF5N3O3. The quantitative estimate of drug-likeness (QED) is 0.0890. The van der Waals surface area contributed by atoms with Crippen molar-refractivity contribution in [3.63, 3.8) is 0 Å². The predicted molar refractivity (Wildman–Crippen MR) is 189 cm³/mol. The zero-order chi connectivity index (χ0) is 36.7. The molecule has 12 heteroatoms. The molecular weight excluding hydrogens is 689 g/mol. The van der Waals surface area contributed by atoms with Gasteiger partial charge >= 0.3 is 6.18 Å². The number of fused-ring (bicyclic) bond motifs is 3. The van der Waals surface area contributed by atoms with Crippen molar-refractivity contribution < 1.29 is 31.5 Å². The highest BCUT2D eigenvalue weighted by atomic mass is 35.5. The number of nitrogens with zero attached hydrogens (tertiary/aromatic N) is 1. The van der Waals surface area contributed by atoms with E-state index in [1.807, 2.05) is 0 Å². The summed E-state index contributed by atoms with van der Waals surface area (Å²) >= 11 is 6.40. The van der Waals surface area contributed by atoms with Gasteiger partial charge in [-0.1, -0.05) is 89.2 Å². The van der Waals surface area contributed by atoms with Gasteiger partial charge in [-0.3, -0.25) is 14.4 Å². The minimum absolute atomic E-state index is 0.0259. The predicted octanol–water partition coefficient (Wildman–Crippen LogP) is 10.7. The third kappa shape index (κ3) is 9.16. The largest absolute Gasteiger partial charge is 0.416 e. The lowest BCUT2D eigenvalue weighted by molar-refractivity contribution is -0.137. The molecule has 0 saturated heterocycles. The molecule has 0 aliphatic carbocycles. The number of alkyl halides is 3. The number of benzene rings is 3. The Bertz CT molecular complexity index is 1960. The first-order valence-electron chi connectivity index (χ1n) is 17.5. The van der Waals surface area contributed by atoms with Crippen LogP contribution in [0.1, 0.15) is 127 Å². The number of carbonyl (C=O) groups excluding carboxylic acids is 2. The first-order chi connectivity index (χ1) is 24.4. The molecule has 0 saturated carbocycles. The molecule has 2 heterocycles. The molecule has 2 amide bonds. The van der Waals surface area contributed by atoms with Crippen molar-refractivity contribution in [3.8, 4) is 0 Å². The third-order valence-electron chi connectivity index (χ3n) is 9.37. The highest BCUT2D eigenvalue weighted by molar-refractivity contribution is 6.31. The van der Waals surface area contributed by atoms with Crippen LogP contribution >= 0.6 is 11.6 Å². The highest BCUT2D eigenvalue weighted by Gasteiger charge is 2.37. The SMILES string of the molecule is CCCCCCCCCCCCCCn1ccc2c3c(c(NC(=O)c4cc(F)cc(C(F)(F)F)c4)cc2c1=O)C(c1cc(F)ccc1Cl)NC3=O. The van der Waals surface area contributed by atoms with Gasteiger partial charge in [0.1, 0.15) is 11.6 Å². The number of rotatable bonds is 16. The highest BCUT2D eigenvalue weighted by Crippen LogP contribution is 2.42. The van der Waals surface area contributed by atoms with Crippen molar-refractivity contribution in [3.05, 3.63) is 110 Å². The van der Waals surface area contributed by atoms with Gasteiger partial charge in [-0.2, -0.15) is 13.2 Å². The van der Waals surface area contributed by atoms with Crippen molar-refractivity contribution in [1.82, 2.24) is 9.88 Å². The van der Waals surface area contributed by atoms with Crippen LogP contribution in [-0.2, 0) is 12.7 Å². The van der Waals surface area contributed by atoms with E-state index >= 15 is 0 Å². The summed E-state index contributed by atoms with van der Waals surface area (Å²) in [6.45, 7) is 2.63. The molecule has 272 valence electrons. The molecule has 51 heavy (non-hydrogen) atoms. The summed E-state index contributed by atoms with van der Waals surface area (Å²) in [5.74, 6) is -3.67. The number of nitrogens with one attached hydrogen (secondary N) is 2. The van der Waals surface area contributed by atoms with Crippen LogP contribution in [0.3, 0.4) is 0 Å². The Morgan fingerprint density at radius 2 is 1.47 bits per heavy atom. The van der Waals surface area contributed by atoms with Crippen LogP contribution in [0.5, 0.6) is 0 Å². The lowest BCUT2D eigenvalue weighted by Crippen LogP contribution is -2.21. The maximum Gasteiger partial charge on any atom is 0.416 e. The van der Waals surface area contributed by atoms with Crippen LogP contribution in [0.25, 0.3) is 10.8 Å². The Morgan fingerprint density at radius 3 is 2.12 bits per heavy atom. The standard InChI is InChI=1S/C39H41ClF5N3O3/c1-2-3-4-5-6-7-8-9-10-11-12-13-17-48-18-16-28-29(38(48)51)23-32(46-36(49)24-19-25(39(43,44)45)21-27(42)20-24)34-33(28)37(50)47-35(34)30-22-26(41)14-15-31(30)40/h14-16,18-23,35H,2-13,17H2,1H3,(H,46,49)(H,47,50). The van der Waals surface area contributed by atoms with Gasteiger partial charge in [0.05, 0.1) is 22.6 Å². The van der Waals surface area contributed by atoms with E-state index in [2.05, 4.69) is 17.6 Å².